The predicted molar refractivity (Wildman–Crippen MR) is 77.9 cm³/mol. The van der Waals surface area contributed by atoms with Gasteiger partial charge in [-0.3, -0.25) is 10.2 Å². The second-order valence-electron chi connectivity index (χ2n) is 4.95. The van der Waals surface area contributed by atoms with Crippen molar-refractivity contribution < 1.29 is 14.3 Å². The molecule has 0 aliphatic carbocycles. The van der Waals surface area contributed by atoms with Gasteiger partial charge in [0.15, 0.2) is 0 Å². The molecule has 21 heavy (non-hydrogen) atoms. The van der Waals surface area contributed by atoms with Crippen molar-refractivity contribution in [2.45, 2.75) is 25.7 Å². The summed E-state index contributed by atoms with van der Waals surface area (Å²) in [6, 6.07) is 3.97. The average molecular weight is 290 g/mol. The first-order valence-electron chi connectivity index (χ1n) is 7.16. The quantitative estimate of drug-likeness (QED) is 0.833. The number of carbonyl (C=O) groups is 1. The van der Waals surface area contributed by atoms with E-state index in [1.165, 1.54) is 24.6 Å². The third-order valence-corrected chi connectivity index (χ3v) is 3.30. The van der Waals surface area contributed by atoms with Gasteiger partial charge in [-0.2, -0.15) is 0 Å². The van der Waals surface area contributed by atoms with E-state index in [4.69, 9.17) is 5.11 Å². The summed E-state index contributed by atoms with van der Waals surface area (Å²) >= 11 is 0. The maximum absolute atomic E-state index is 13.4. The Morgan fingerprint density at radius 1 is 1.33 bits per heavy atom. The molecule has 4 nitrogen and oxygen atoms in total. The zero-order valence-electron chi connectivity index (χ0n) is 11.9. The van der Waals surface area contributed by atoms with E-state index in [1.807, 2.05) is 5.01 Å². The molecule has 1 amide bonds. The molecule has 0 atom stereocenters. The Hall–Kier alpha value is -1.90. The summed E-state index contributed by atoms with van der Waals surface area (Å²) in [5.74, 6) is 4.75. The fraction of sp³-hybridized carbons (Fsp3) is 0.438. The Bertz CT molecular complexity index is 557. The van der Waals surface area contributed by atoms with Crippen molar-refractivity contribution in [3.8, 4) is 11.8 Å². The number of rotatable bonds is 3. The highest BCUT2D eigenvalue weighted by atomic mass is 19.1. The highest BCUT2D eigenvalue weighted by Gasteiger charge is 2.16. The van der Waals surface area contributed by atoms with E-state index < -0.39 is 5.82 Å². The standard InChI is InChI=1S/C16H19FN2O2/c17-14-8-7-13(6-2-5-11-20)15(12-14)16(21)18-19-9-3-1-4-10-19/h7-8,12,20H,1,3-5,9-11H2,(H,18,21). The van der Waals surface area contributed by atoms with Crippen LogP contribution in [0.4, 0.5) is 4.39 Å². The van der Waals surface area contributed by atoms with Gasteiger partial charge in [0.25, 0.3) is 5.91 Å². The van der Waals surface area contributed by atoms with Gasteiger partial charge in [0.1, 0.15) is 5.82 Å². The fourth-order valence-electron chi connectivity index (χ4n) is 2.24. The fourth-order valence-corrected chi connectivity index (χ4v) is 2.24. The highest BCUT2D eigenvalue weighted by Crippen LogP contribution is 2.12. The van der Waals surface area contributed by atoms with Crippen molar-refractivity contribution in [3.63, 3.8) is 0 Å². The van der Waals surface area contributed by atoms with Crippen LogP contribution in [0, 0.1) is 17.7 Å². The summed E-state index contributed by atoms with van der Waals surface area (Å²) in [6.45, 7) is 1.59. The third-order valence-electron chi connectivity index (χ3n) is 3.30. The number of benzene rings is 1. The smallest absolute Gasteiger partial charge is 0.266 e. The molecule has 1 heterocycles. The maximum Gasteiger partial charge on any atom is 0.266 e. The van der Waals surface area contributed by atoms with Crippen LogP contribution in [-0.2, 0) is 0 Å². The van der Waals surface area contributed by atoms with Gasteiger partial charge in [-0.25, -0.2) is 9.40 Å². The molecular formula is C16H19FN2O2. The second kappa shape index (κ2) is 7.77. The zero-order valence-corrected chi connectivity index (χ0v) is 11.9. The first kappa shape index (κ1) is 15.5. The number of amides is 1. The van der Waals surface area contributed by atoms with E-state index in [-0.39, 0.29) is 18.1 Å². The van der Waals surface area contributed by atoms with Crippen LogP contribution >= 0.6 is 0 Å². The van der Waals surface area contributed by atoms with E-state index >= 15 is 0 Å². The number of piperidine rings is 1. The molecular weight excluding hydrogens is 271 g/mol. The van der Waals surface area contributed by atoms with Crippen molar-refractivity contribution in [2.24, 2.45) is 0 Å². The second-order valence-corrected chi connectivity index (χ2v) is 4.95. The topological polar surface area (TPSA) is 52.6 Å². The Labute approximate surface area is 123 Å². The number of aliphatic hydroxyl groups is 1. The lowest BCUT2D eigenvalue weighted by Gasteiger charge is -2.26. The summed E-state index contributed by atoms with van der Waals surface area (Å²) in [5.41, 5.74) is 3.50. The molecule has 2 rings (SSSR count). The van der Waals surface area contributed by atoms with Crippen molar-refractivity contribution in [2.75, 3.05) is 19.7 Å². The first-order valence-corrected chi connectivity index (χ1v) is 7.16. The SMILES string of the molecule is O=C(NN1CCCCC1)c1cc(F)ccc1C#CCCO. The molecule has 0 saturated carbocycles. The van der Waals surface area contributed by atoms with Crippen LogP contribution in [0.15, 0.2) is 18.2 Å². The van der Waals surface area contributed by atoms with Crippen LogP contribution < -0.4 is 5.43 Å². The summed E-state index contributed by atoms with van der Waals surface area (Å²) in [5, 5.41) is 10.6. The Balaban J connectivity index is 2.14. The Kier molecular flexibility index (Phi) is 5.73. The van der Waals surface area contributed by atoms with E-state index in [2.05, 4.69) is 17.3 Å². The van der Waals surface area contributed by atoms with Gasteiger partial charge in [-0.15, -0.1) is 0 Å². The van der Waals surface area contributed by atoms with Gasteiger partial charge >= 0.3 is 0 Å². The number of aliphatic hydroxyl groups excluding tert-OH is 1. The van der Waals surface area contributed by atoms with Gasteiger partial charge in [-0.05, 0) is 31.0 Å². The van der Waals surface area contributed by atoms with Gasteiger partial charge < -0.3 is 5.11 Å². The van der Waals surface area contributed by atoms with Crippen LogP contribution in [0.5, 0.6) is 0 Å². The van der Waals surface area contributed by atoms with E-state index in [9.17, 15) is 9.18 Å². The molecule has 1 aliphatic heterocycles. The third kappa shape index (κ3) is 4.55. The number of halogens is 1. The minimum atomic E-state index is -0.466. The number of nitrogens with one attached hydrogen (secondary N) is 1. The van der Waals surface area contributed by atoms with Crippen LogP contribution in [-0.4, -0.2) is 35.7 Å². The first-order chi connectivity index (χ1) is 10.2. The van der Waals surface area contributed by atoms with Gasteiger partial charge in [0, 0.05) is 25.1 Å². The van der Waals surface area contributed by atoms with Crippen molar-refractivity contribution in [3.05, 3.63) is 35.1 Å². The molecule has 1 saturated heterocycles. The largest absolute Gasteiger partial charge is 0.395 e. The molecule has 0 spiro atoms. The molecule has 1 aromatic carbocycles. The monoisotopic (exact) mass is 290 g/mol. The average Bonchev–Trinajstić information content (AvgIpc) is 2.50. The summed E-state index contributed by atoms with van der Waals surface area (Å²) < 4.78 is 13.4. The van der Waals surface area contributed by atoms with E-state index in [1.54, 1.807) is 0 Å². The number of hydrogen-bond donors (Lipinski definition) is 2. The number of hydrogen-bond acceptors (Lipinski definition) is 3. The van der Waals surface area contributed by atoms with E-state index in [0.717, 1.165) is 25.9 Å². The van der Waals surface area contributed by atoms with Crippen LogP contribution in [0.25, 0.3) is 0 Å². The predicted octanol–water partition coefficient (Wildman–Crippen LogP) is 1.69. The highest BCUT2D eigenvalue weighted by molar-refractivity contribution is 5.96. The van der Waals surface area contributed by atoms with Crippen molar-refractivity contribution in [1.29, 1.82) is 0 Å². The molecule has 0 unspecified atom stereocenters. The summed E-state index contributed by atoms with van der Waals surface area (Å²) in [6.07, 6.45) is 3.59. The molecule has 1 aliphatic rings. The summed E-state index contributed by atoms with van der Waals surface area (Å²) in [4.78, 5) is 12.3. The molecule has 1 fully saturated rings. The minimum Gasteiger partial charge on any atom is -0.395 e. The molecule has 0 radical (unpaired) electrons. The normalized spacial score (nSPS) is 15.1. The van der Waals surface area contributed by atoms with E-state index in [0.29, 0.717) is 12.0 Å². The van der Waals surface area contributed by atoms with Crippen LogP contribution in [0.1, 0.15) is 41.6 Å². The molecule has 2 N–H and O–H groups in total. The van der Waals surface area contributed by atoms with Gasteiger partial charge in [0.2, 0.25) is 0 Å². The summed E-state index contributed by atoms with van der Waals surface area (Å²) in [7, 11) is 0. The number of hydrazine groups is 1. The lowest BCUT2D eigenvalue weighted by Crippen LogP contribution is -2.45. The van der Waals surface area contributed by atoms with Crippen molar-refractivity contribution in [1.82, 2.24) is 10.4 Å². The lowest BCUT2D eigenvalue weighted by molar-refractivity contribution is 0.0749. The molecule has 1 aromatic rings. The van der Waals surface area contributed by atoms with Crippen LogP contribution in [0.2, 0.25) is 0 Å². The van der Waals surface area contributed by atoms with Gasteiger partial charge in [0.05, 0.1) is 12.2 Å². The zero-order chi connectivity index (χ0) is 15.1. The Morgan fingerprint density at radius 3 is 2.81 bits per heavy atom. The molecule has 0 aromatic heterocycles. The van der Waals surface area contributed by atoms with Crippen molar-refractivity contribution >= 4 is 5.91 Å². The lowest BCUT2D eigenvalue weighted by atomic mass is 10.1. The minimum absolute atomic E-state index is 0.0382. The van der Waals surface area contributed by atoms with Crippen LogP contribution in [0.3, 0.4) is 0 Å². The molecule has 0 bridgehead atoms. The number of nitrogens with zero attached hydrogens (tertiary/aromatic N) is 1. The molecule has 112 valence electrons. The maximum atomic E-state index is 13.4. The molecule has 5 heteroatoms. The number of carbonyl (C=O) groups excluding carboxylic acids is 1. The van der Waals surface area contributed by atoms with Gasteiger partial charge in [-0.1, -0.05) is 18.3 Å². The Morgan fingerprint density at radius 2 is 2.10 bits per heavy atom.